The third-order valence-corrected chi connectivity index (χ3v) is 5.13. The highest BCUT2D eigenvalue weighted by molar-refractivity contribution is 6.31. The summed E-state index contributed by atoms with van der Waals surface area (Å²) in [6.45, 7) is 3.62. The lowest BCUT2D eigenvalue weighted by Gasteiger charge is -2.19. The number of aryl methyl sites for hydroxylation is 2. The number of hydrogen-bond donors (Lipinski definition) is 1. The lowest BCUT2D eigenvalue weighted by Crippen LogP contribution is -2.28. The molecule has 7 nitrogen and oxygen atoms in total. The largest absolute Gasteiger partial charge is 0.495 e. The van der Waals surface area contributed by atoms with Gasteiger partial charge in [0.05, 0.1) is 18.7 Å². The number of halogens is 1. The molecule has 1 aliphatic rings. The molecular weight excluding hydrogens is 408 g/mol. The van der Waals surface area contributed by atoms with Gasteiger partial charge in [0.15, 0.2) is 6.61 Å². The van der Waals surface area contributed by atoms with Gasteiger partial charge in [0.2, 0.25) is 5.91 Å². The van der Waals surface area contributed by atoms with E-state index >= 15 is 0 Å². The first-order valence-corrected chi connectivity index (χ1v) is 9.84. The first-order valence-electron chi connectivity index (χ1n) is 9.46. The van der Waals surface area contributed by atoms with Crippen molar-refractivity contribution in [1.82, 2.24) is 0 Å². The van der Waals surface area contributed by atoms with Gasteiger partial charge in [-0.15, -0.1) is 0 Å². The van der Waals surface area contributed by atoms with Gasteiger partial charge in [-0.3, -0.25) is 14.4 Å². The summed E-state index contributed by atoms with van der Waals surface area (Å²) in [4.78, 5) is 38.7. The van der Waals surface area contributed by atoms with Crippen LogP contribution < -0.4 is 15.0 Å². The molecule has 1 aliphatic heterocycles. The number of nitrogens with one attached hydrogen (secondary N) is 1. The zero-order chi connectivity index (χ0) is 21.8. The number of anilines is 2. The summed E-state index contributed by atoms with van der Waals surface area (Å²) >= 11 is 5.94. The number of carbonyl (C=O) groups excluding carboxylic acids is 3. The minimum atomic E-state index is -0.620. The van der Waals surface area contributed by atoms with Crippen molar-refractivity contribution in [3.63, 3.8) is 0 Å². The third kappa shape index (κ3) is 4.91. The summed E-state index contributed by atoms with van der Waals surface area (Å²) < 4.78 is 10.3. The summed E-state index contributed by atoms with van der Waals surface area (Å²) in [6, 6.07) is 10.6. The number of benzene rings is 2. The fraction of sp³-hybridized carbons (Fsp3) is 0.318. The quantitative estimate of drug-likeness (QED) is 0.709. The highest BCUT2D eigenvalue weighted by Gasteiger charge is 2.37. The monoisotopic (exact) mass is 430 g/mol. The molecule has 2 amide bonds. The molecule has 0 bridgehead atoms. The van der Waals surface area contributed by atoms with E-state index in [1.165, 1.54) is 13.2 Å². The Labute approximate surface area is 179 Å². The number of esters is 1. The Morgan fingerprint density at radius 1 is 1.20 bits per heavy atom. The average Bonchev–Trinajstić information content (AvgIpc) is 3.09. The van der Waals surface area contributed by atoms with Gasteiger partial charge >= 0.3 is 5.97 Å². The summed E-state index contributed by atoms with van der Waals surface area (Å²) in [7, 11) is 1.47. The Bertz CT molecular complexity index is 991. The minimum absolute atomic E-state index is 0.0515. The van der Waals surface area contributed by atoms with Crippen molar-refractivity contribution in [1.29, 1.82) is 0 Å². The van der Waals surface area contributed by atoms with Gasteiger partial charge in [0.25, 0.3) is 5.91 Å². The fourth-order valence-corrected chi connectivity index (χ4v) is 3.50. The van der Waals surface area contributed by atoms with Crippen LogP contribution in [0.4, 0.5) is 11.4 Å². The van der Waals surface area contributed by atoms with Gasteiger partial charge in [0.1, 0.15) is 5.75 Å². The van der Waals surface area contributed by atoms with Gasteiger partial charge in [-0.1, -0.05) is 23.7 Å². The molecule has 2 aromatic rings. The SMILES string of the molecule is COc1ccc(Cl)cc1NC(=O)COC(=O)[C@H]1CC(=O)N(c2cc(C)ccc2C)C1. The van der Waals surface area contributed by atoms with Crippen molar-refractivity contribution in [2.45, 2.75) is 20.3 Å². The van der Waals surface area contributed by atoms with E-state index in [9.17, 15) is 14.4 Å². The minimum Gasteiger partial charge on any atom is -0.495 e. The molecule has 0 aromatic heterocycles. The Kier molecular flexibility index (Phi) is 6.62. The maximum atomic E-state index is 12.4. The summed E-state index contributed by atoms with van der Waals surface area (Å²) in [5.74, 6) is -1.43. The van der Waals surface area contributed by atoms with Crippen LogP contribution in [0, 0.1) is 19.8 Å². The van der Waals surface area contributed by atoms with Gasteiger partial charge in [-0.2, -0.15) is 0 Å². The molecule has 158 valence electrons. The van der Waals surface area contributed by atoms with Crippen LogP contribution in [-0.2, 0) is 19.1 Å². The molecule has 8 heteroatoms. The van der Waals surface area contributed by atoms with Crippen molar-refractivity contribution >= 4 is 40.8 Å². The highest BCUT2D eigenvalue weighted by Crippen LogP contribution is 2.30. The molecule has 30 heavy (non-hydrogen) atoms. The molecule has 1 heterocycles. The van der Waals surface area contributed by atoms with Gasteiger partial charge in [0, 0.05) is 23.7 Å². The zero-order valence-electron chi connectivity index (χ0n) is 17.0. The Balaban J connectivity index is 1.58. The molecular formula is C22H23ClN2O5. The van der Waals surface area contributed by atoms with Crippen LogP contribution in [0.25, 0.3) is 0 Å². The van der Waals surface area contributed by atoms with Crippen molar-refractivity contribution in [3.8, 4) is 5.75 Å². The first-order chi connectivity index (χ1) is 14.3. The summed E-state index contributed by atoms with van der Waals surface area (Å²) in [5, 5.41) is 3.03. The normalized spacial score (nSPS) is 15.8. The number of ether oxygens (including phenoxy) is 2. The third-order valence-electron chi connectivity index (χ3n) is 4.89. The number of carbonyl (C=O) groups is 3. The maximum Gasteiger partial charge on any atom is 0.311 e. The van der Waals surface area contributed by atoms with Crippen LogP contribution in [0.15, 0.2) is 36.4 Å². The molecule has 1 atom stereocenters. The van der Waals surface area contributed by atoms with Crippen molar-refractivity contribution in [2.24, 2.45) is 5.92 Å². The molecule has 1 fully saturated rings. The molecule has 1 N–H and O–H groups in total. The molecule has 0 radical (unpaired) electrons. The van der Waals surface area contributed by atoms with E-state index in [1.54, 1.807) is 17.0 Å². The predicted octanol–water partition coefficient (Wildman–Crippen LogP) is 3.50. The lowest BCUT2D eigenvalue weighted by atomic mass is 10.1. The maximum absolute atomic E-state index is 12.4. The molecule has 0 spiro atoms. The number of nitrogens with zero attached hydrogens (tertiary/aromatic N) is 1. The molecule has 3 rings (SSSR count). The van der Waals surface area contributed by atoms with E-state index in [-0.39, 0.29) is 18.9 Å². The van der Waals surface area contributed by atoms with E-state index in [0.29, 0.717) is 16.5 Å². The van der Waals surface area contributed by atoms with Crippen LogP contribution in [-0.4, -0.2) is 38.0 Å². The van der Waals surface area contributed by atoms with E-state index in [2.05, 4.69) is 5.32 Å². The average molecular weight is 431 g/mol. The van der Waals surface area contributed by atoms with Crippen molar-refractivity contribution in [3.05, 3.63) is 52.5 Å². The topological polar surface area (TPSA) is 84.9 Å². The smallest absolute Gasteiger partial charge is 0.311 e. The van der Waals surface area contributed by atoms with E-state index in [0.717, 1.165) is 16.8 Å². The Hall–Kier alpha value is -3.06. The van der Waals surface area contributed by atoms with Crippen LogP contribution in [0.3, 0.4) is 0 Å². The molecule has 0 saturated carbocycles. The van der Waals surface area contributed by atoms with Crippen LogP contribution in [0.2, 0.25) is 5.02 Å². The second kappa shape index (κ2) is 9.17. The van der Waals surface area contributed by atoms with E-state index < -0.39 is 24.4 Å². The number of amides is 2. The van der Waals surface area contributed by atoms with E-state index in [1.807, 2.05) is 32.0 Å². The van der Waals surface area contributed by atoms with Crippen LogP contribution >= 0.6 is 11.6 Å². The number of hydrogen-bond acceptors (Lipinski definition) is 5. The zero-order valence-corrected chi connectivity index (χ0v) is 17.8. The standard InChI is InChI=1S/C22H23ClN2O5/c1-13-4-5-14(2)18(8-13)25-11-15(9-21(25)27)22(28)30-12-20(26)24-17-10-16(23)6-7-19(17)29-3/h4-8,10,15H,9,11-12H2,1-3H3,(H,24,26)/t15-/m0/s1. The van der Waals surface area contributed by atoms with Gasteiger partial charge < -0.3 is 19.7 Å². The predicted molar refractivity (Wildman–Crippen MR) is 114 cm³/mol. The Morgan fingerprint density at radius 3 is 2.70 bits per heavy atom. The fourth-order valence-electron chi connectivity index (χ4n) is 3.33. The van der Waals surface area contributed by atoms with Gasteiger partial charge in [-0.25, -0.2) is 0 Å². The molecule has 1 saturated heterocycles. The van der Waals surface area contributed by atoms with E-state index in [4.69, 9.17) is 21.1 Å². The Morgan fingerprint density at radius 2 is 1.97 bits per heavy atom. The second-order valence-electron chi connectivity index (χ2n) is 7.20. The molecule has 0 aliphatic carbocycles. The summed E-state index contributed by atoms with van der Waals surface area (Å²) in [5.41, 5.74) is 3.16. The van der Waals surface area contributed by atoms with Gasteiger partial charge in [-0.05, 0) is 49.2 Å². The van der Waals surface area contributed by atoms with Crippen molar-refractivity contribution < 1.29 is 23.9 Å². The lowest BCUT2D eigenvalue weighted by molar-refractivity contribution is -0.151. The number of rotatable bonds is 6. The molecule has 2 aromatic carbocycles. The number of methoxy groups -OCH3 is 1. The highest BCUT2D eigenvalue weighted by atomic mass is 35.5. The second-order valence-corrected chi connectivity index (χ2v) is 7.63. The van der Waals surface area contributed by atoms with Crippen LogP contribution in [0.1, 0.15) is 17.5 Å². The summed E-state index contributed by atoms with van der Waals surface area (Å²) in [6.07, 6.45) is 0.0515. The van der Waals surface area contributed by atoms with Crippen molar-refractivity contribution in [2.75, 3.05) is 30.5 Å². The molecule has 0 unspecified atom stereocenters. The first kappa shape index (κ1) is 21.6. The van der Waals surface area contributed by atoms with Crippen LogP contribution in [0.5, 0.6) is 5.75 Å².